The molecule has 0 spiro atoms. The Labute approximate surface area is 85.1 Å². The molecule has 0 aromatic carbocycles. The molecule has 0 fully saturated rings. The third-order valence-corrected chi connectivity index (χ3v) is 2.01. The summed E-state index contributed by atoms with van der Waals surface area (Å²) in [6, 6.07) is 0. The highest BCUT2D eigenvalue weighted by Gasteiger charge is 2.12. The monoisotopic (exact) mass is 195 g/mol. The summed E-state index contributed by atoms with van der Waals surface area (Å²) in [6.07, 6.45) is 2.96. The van der Waals surface area contributed by atoms with Gasteiger partial charge in [0.2, 0.25) is 5.91 Å². The van der Waals surface area contributed by atoms with Gasteiger partial charge in [0.1, 0.15) is 6.29 Å². The summed E-state index contributed by atoms with van der Waals surface area (Å²) in [4.78, 5) is 23.8. The summed E-state index contributed by atoms with van der Waals surface area (Å²) in [6.45, 7) is 7.81. The van der Waals surface area contributed by atoms with Crippen molar-refractivity contribution in [2.75, 3.05) is 13.6 Å². The lowest BCUT2D eigenvalue weighted by atomic mass is 10.1. The molecule has 0 aromatic rings. The summed E-state index contributed by atoms with van der Waals surface area (Å²) in [7, 11) is 1.72. The van der Waals surface area contributed by atoms with Crippen LogP contribution >= 0.6 is 0 Å². The van der Waals surface area contributed by atoms with Crippen LogP contribution in [0.2, 0.25) is 0 Å². The summed E-state index contributed by atoms with van der Waals surface area (Å²) in [5.41, 5.74) is 0.809. The minimum Gasteiger partial charge on any atom is -0.342 e. The third kappa shape index (κ3) is 3.17. The maximum Gasteiger partial charge on any atom is 0.249 e. The van der Waals surface area contributed by atoms with Crippen LogP contribution in [0.15, 0.2) is 23.8 Å². The van der Waals surface area contributed by atoms with Crippen molar-refractivity contribution in [3.63, 3.8) is 0 Å². The largest absolute Gasteiger partial charge is 0.342 e. The predicted molar refractivity (Wildman–Crippen MR) is 56.9 cm³/mol. The maximum atomic E-state index is 11.7. The fourth-order valence-electron chi connectivity index (χ4n) is 1.14. The second-order valence-electron chi connectivity index (χ2n) is 3.13. The number of likely N-dealkylation sites (N-methyl/N-ethyl adjacent to an activating group) is 1. The van der Waals surface area contributed by atoms with Crippen molar-refractivity contribution < 1.29 is 9.59 Å². The van der Waals surface area contributed by atoms with Gasteiger partial charge in [0, 0.05) is 24.7 Å². The minimum absolute atomic E-state index is 0.117. The average Bonchev–Trinajstić information content (AvgIpc) is 2.18. The fraction of sp³-hybridized carbons (Fsp3) is 0.455. The molecule has 0 aliphatic heterocycles. The zero-order valence-electron chi connectivity index (χ0n) is 9.04. The molecule has 78 valence electrons. The third-order valence-electron chi connectivity index (χ3n) is 2.01. The molecule has 0 N–H and O–H groups in total. The van der Waals surface area contributed by atoms with Gasteiger partial charge in [-0.25, -0.2) is 0 Å². The zero-order chi connectivity index (χ0) is 11.1. The van der Waals surface area contributed by atoms with Crippen molar-refractivity contribution in [3.05, 3.63) is 23.8 Å². The Kier molecular flexibility index (Phi) is 5.53. The lowest BCUT2D eigenvalue weighted by molar-refractivity contribution is -0.126. The standard InChI is InChI=1S/C11H17NO2/c1-5-7-12(4)11(14)9(3)10(6-2)8-13/h6,8H,2,5,7H2,1,3-4H3/b10-9-. The predicted octanol–water partition coefficient (Wildman–Crippen LogP) is 1.56. The van der Waals surface area contributed by atoms with Gasteiger partial charge < -0.3 is 4.90 Å². The minimum atomic E-state index is -0.117. The van der Waals surface area contributed by atoms with Gasteiger partial charge in [-0.15, -0.1) is 0 Å². The Morgan fingerprint density at radius 1 is 1.50 bits per heavy atom. The first-order chi connectivity index (χ1) is 6.58. The molecule has 0 bridgehead atoms. The summed E-state index contributed by atoms with van der Waals surface area (Å²) in [5.74, 6) is -0.117. The topological polar surface area (TPSA) is 37.4 Å². The maximum absolute atomic E-state index is 11.7. The quantitative estimate of drug-likeness (QED) is 0.379. The lowest BCUT2D eigenvalue weighted by Crippen LogP contribution is -2.28. The summed E-state index contributed by atoms with van der Waals surface area (Å²) < 4.78 is 0. The Balaban J connectivity index is 4.75. The van der Waals surface area contributed by atoms with Gasteiger partial charge in [0.25, 0.3) is 0 Å². The van der Waals surface area contributed by atoms with Crippen molar-refractivity contribution in [1.29, 1.82) is 0 Å². The summed E-state index contributed by atoms with van der Waals surface area (Å²) in [5, 5.41) is 0. The first-order valence-electron chi connectivity index (χ1n) is 4.62. The van der Waals surface area contributed by atoms with E-state index < -0.39 is 0 Å². The van der Waals surface area contributed by atoms with Crippen molar-refractivity contribution >= 4 is 12.2 Å². The number of hydrogen-bond acceptors (Lipinski definition) is 2. The van der Waals surface area contributed by atoms with Gasteiger partial charge in [0.15, 0.2) is 0 Å². The van der Waals surface area contributed by atoms with Gasteiger partial charge in [-0.05, 0) is 13.3 Å². The number of carbonyl (C=O) groups excluding carboxylic acids is 2. The highest BCUT2D eigenvalue weighted by Crippen LogP contribution is 2.06. The second-order valence-corrected chi connectivity index (χ2v) is 3.13. The molecule has 0 radical (unpaired) electrons. The van der Waals surface area contributed by atoms with E-state index in [1.807, 2.05) is 6.92 Å². The molecule has 0 unspecified atom stereocenters. The van der Waals surface area contributed by atoms with Gasteiger partial charge in [-0.2, -0.15) is 0 Å². The van der Waals surface area contributed by atoms with Gasteiger partial charge >= 0.3 is 0 Å². The van der Waals surface area contributed by atoms with Gasteiger partial charge in [-0.1, -0.05) is 19.6 Å². The van der Waals surface area contributed by atoms with E-state index in [2.05, 4.69) is 6.58 Å². The van der Waals surface area contributed by atoms with Crippen LogP contribution in [0, 0.1) is 0 Å². The number of rotatable bonds is 5. The van der Waals surface area contributed by atoms with E-state index >= 15 is 0 Å². The van der Waals surface area contributed by atoms with Crippen molar-refractivity contribution in [1.82, 2.24) is 4.90 Å². The smallest absolute Gasteiger partial charge is 0.249 e. The van der Waals surface area contributed by atoms with E-state index in [1.165, 1.54) is 6.08 Å². The van der Waals surface area contributed by atoms with Gasteiger partial charge in [0.05, 0.1) is 0 Å². The van der Waals surface area contributed by atoms with Crippen molar-refractivity contribution in [2.24, 2.45) is 0 Å². The van der Waals surface area contributed by atoms with E-state index in [1.54, 1.807) is 18.9 Å². The van der Waals surface area contributed by atoms with Crippen LogP contribution in [0.25, 0.3) is 0 Å². The van der Waals surface area contributed by atoms with E-state index in [4.69, 9.17) is 0 Å². The number of nitrogens with zero attached hydrogens (tertiary/aromatic N) is 1. The molecule has 0 atom stereocenters. The highest BCUT2D eigenvalue weighted by atomic mass is 16.2. The van der Waals surface area contributed by atoms with Crippen LogP contribution in [-0.2, 0) is 9.59 Å². The molecule has 0 heterocycles. The number of amides is 1. The number of allylic oxidation sites excluding steroid dienone is 2. The first kappa shape index (κ1) is 12.6. The van der Waals surface area contributed by atoms with Crippen LogP contribution in [0.4, 0.5) is 0 Å². The number of carbonyl (C=O) groups is 2. The molecular weight excluding hydrogens is 178 g/mol. The molecule has 1 amide bonds. The molecule has 14 heavy (non-hydrogen) atoms. The number of aldehydes is 1. The van der Waals surface area contributed by atoms with E-state index in [0.29, 0.717) is 24.0 Å². The van der Waals surface area contributed by atoms with Crippen LogP contribution in [0.5, 0.6) is 0 Å². The molecule has 0 aliphatic rings. The highest BCUT2D eigenvalue weighted by molar-refractivity contribution is 5.99. The van der Waals surface area contributed by atoms with Crippen molar-refractivity contribution in [3.8, 4) is 0 Å². The van der Waals surface area contributed by atoms with Crippen LogP contribution < -0.4 is 0 Å². The molecule has 0 saturated carbocycles. The molecule has 3 heteroatoms. The van der Waals surface area contributed by atoms with Gasteiger partial charge in [-0.3, -0.25) is 9.59 Å². The van der Waals surface area contributed by atoms with E-state index in [-0.39, 0.29) is 5.91 Å². The normalized spacial score (nSPS) is 11.6. The molecule has 3 nitrogen and oxygen atoms in total. The SMILES string of the molecule is C=C/C(C=O)=C(\C)C(=O)N(C)CCC. The molecule has 0 aromatic heterocycles. The Hall–Kier alpha value is -1.38. The number of hydrogen-bond donors (Lipinski definition) is 0. The molecule has 0 saturated heterocycles. The lowest BCUT2D eigenvalue weighted by Gasteiger charge is -2.16. The van der Waals surface area contributed by atoms with Crippen LogP contribution in [0.1, 0.15) is 20.3 Å². The van der Waals surface area contributed by atoms with Crippen LogP contribution in [-0.4, -0.2) is 30.7 Å². The molecular formula is C11H17NO2. The molecule has 0 rings (SSSR count). The summed E-state index contributed by atoms with van der Waals surface area (Å²) >= 11 is 0. The van der Waals surface area contributed by atoms with Crippen LogP contribution in [0.3, 0.4) is 0 Å². The second kappa shape index (κ2) is 6.13. The zero-order valence-corrected chi connectivity index (χ0v) is 9.04. The first-order valence-corrected chi connectivity index (χ1v) is 4.62. The van der Waals surface area contributed by atoms with Crippen molar-refractivity contribution in [2.45, 2.75) is 20.3 Å². The van der Waals surface area contributed by atoms with E-state index in [9.17, 15) is 9.59 Å². The molecule has 0 aliphatic carbocycles. The Morgan fingerprint density at radius 2 is 2.07 bits per heavy atom. The Morgan fingerprint density at radius 3 is 2.43 bits per heavy atom. The van der Waals surface area contributed by atoms with E-state index in [0.717, 1.165) is 6.42 Å². The Bertz CT molecular complexity index is 256. The average molecular weight is 195 g/mol. The fourth-order valence-corrected chi connectivity index (χ4v) is 1.14.